The van der Waals surface area contributed by atoms with Gasteiger partial charge in [0, 0.05) is 13.1 Å². The van der Waals surface area contributed by atoms with Crippen molar-refractivity contribution < 1.29 is 0 Å². The maximum atomic E-state index is 6.15. The third-order valence-electron chi connectivity index (χ3n) is 3.38. The molecule has 1 aromatic rings. The predicted molar refractivity (Wildman–Crippen MR) is 87.6 cm³/mol. The van der Waals surface area contributed by atoms with Crippen LogP contribution in [0.15, 0.2) is 6.20 Å². The summed E-state index contributed by atoms with van der Waals surface area (Å²) in [4.78, 5) is 8.61. The maximum absolute atomic E-state index is 6.15. The Kier molecular flexibility index (Phi) is 8.35. The smallest absolute Gasteiger partial charge is 0.224 e. The molecule has 0 aromatic carbocycles. The summed E-state index contributed by atoms with van der Waals surface area (Å²) in [5, 5.41) is 7.12. The molecular formula is C15H27ClN4. The van der Waals surface area contributed by atoms with Gasteiger partial charge in [0.15, 0.2) is 0 Å². The van der Waals surface area contributed by atoms with Crippen molar-refractivity contribution >= 4 is 23.4 Å². The summed E-state index contributed by atoms with van der Waals surface area (Å²) in [5.41, 5.74) is 0. The van der Waals surface area contributed by atoms with E-state index in [4.69, 9.17) is 11.6 Å². The topological polar surface area (TPSA) is 49.8 Å². The molecule has 5 heteroatoms. The summed E-state index contributed by atoms with van der Waals surface area (Å²) in [6.07, 6.45) is 7.66. The zero-order chi connectivity index (χ0) is 14.8. The van der Waals surface area contributed by atoms with Crippen LogP contribution in [0.2, 0.25) is 5.02 Å². The van der Waals surface area contributed by atoms with Crippen molar-refractivity contribution in [3.8, 4) is 0 Å². The summed E-state index contributed by atoms with van der Waals surface area (Å²) < 4.78 is 0. The van der Waals surface area contributed by atoms with E-state index in [-0.39, 0.29) is 0 Å². The first-order chi connectivity index (χ1) is 9.71. The molecule has 0 bridgehead atoms. The number of hydrogen-bond donors (Lipinski definition) is 2. The van der Waals surface area contributed by atoms with Crippen LogP contribution in [0.5, 0.6) is 0 Å². The van der Waals surface area contributed by atoms with Gasteiger partial charge in [-0.1, -0.05) is 51.6 Å². The molecule has 0 aliphatic rings. The number of anilines is 2. The van der Waals surface area contributed by atoms with E-state index in [1.165, 1.54) is 25.7 Å². The normalized spacial score (nSPS) is 12.2. The molecule has 0 aliphatic carbocycles. The Bertz CT molecular complexity index is 384. The summed E-state index contributed by atoms with van der Waals surface area (Å²) >= 11 is 6.15. The van der Waals surface area contributed by atoms with Gasteiger partial charge in [-0.15, -0.1) is 0 Å². The number of nitrogens with zero attached hydrogens (tertiary/aromatic N) is 2. The molecule has 20 heavy (non-hydrogen) atoms. The van der Waals surface area contributed by atoms with Crippen LogP contribution in [0.1, 0.15) is 52.9 Å². The Balaban J connectivity index is 2.56. The summed E-state index contributed by atoms with van der Waals surface area (Å²) in [5.74, 6) is 2.05. The summed E-state index contributed by atoms with van der Waals surface area (Å²) in [6, 6.07) is 0. The van der Waals surface area contributed by atoms with Crippen molar-refractivity contribution in [3.63, 3.8) is 0 Å². The minimum Gasteiger partial charge on any atom is -0.368 e. The van der Waals surface area contributed by atoms with Gasteiger partial charge in [0.05, 0.1) is 6.20 Å². The van der Waals surface area contributed by atoms with E-state index >= 15 is 0 Å². The van der Waals surface area contributed by atoms with Gasteiger partial charge in [-0.2, -0.15) is 4.98 Å². The van der Waals surface area contributed by atoms with E-state index in [1.54, 1.807) is 6.20 Å². The Morgan fingerprint density at radius 1 is 1.20 bits per heavy atom. The lowest BCUT2D eigenvalue weighted by Gasteiger charge is -2.16. The van der Waals surface area contributed by atoms with Crippen LogP contribution in [-0.2, 0) is 0 Å². The summed E-state index contributed by atoms with van der Waals surface area (Å²) in [7, 11) is 0. The molecule has 1 aromatic heterocycles. The fourth-order valence-corrected chi connectivity index (χ4v) is 2.16. The Labute approximate surface area is 127 Å². The molecule has 1 atom stereocenters. The number of halogens is 1. The Morgan fingerprint density at radius 2 is 2.00 bits per heavy atom. The molecule has 0 spiro atoms. The van der Waals surface area contributed by atoms with Gasteiger partial charge in [-0.05, 0) is 18.8 Å². The van der Waals surface area contributed by atoms with Crippen molar-refractivity contribution in [2.75, 3.05) is 23.7 Å². The van der Waals surface area contributed by atoms with Crippen LogP contribution >= 0.6 is 11.6 Å². The number of unbranched alkanes of at least 4 members (excludes halogenated alkanes) is 1. The molecule has 0 aliphatic heterocycles. The minimum atomic E-state index is 0.581. The Hall–Kier alpha value is -1.03. The molecule has 0 amide bonds. The van der Waals surface area contributed by atoms with E-state index in [2.05, 4.69) is 41.4 Å². The molecular weight excluding hydrogens is 272 g/mol. The van der Waals surface area contributed by atoms with Gasteiger partial charge < -0.3 is 10.6 Å². The molecule has 1 heterocycles. The number of aromatic nitrogens is 2. The van der Waals surface area contributed by atoms with Crippen LogP contribution in [0.25, 0.3) is 0 Å². The van der Waals surface area contributed by atoms with E-state index in [1.807, 2.05) is 0 Å². The largest absolute Gasteiger partial charge is 0.368 e. The molecule has 114 valence electrons. The fourth-order valence-electron chi connectivity index (χ4n) is 2.00. The second-order valence-corrected chi connectivity index (χ2v) is 5.52. The van der Waals surface area contributed by atoms with E-state index < -0.39 is 0 Å². The van der Waals surface area contributed by atoms with E-state index in [0.29, 0.717) is 16.9 Å². The third-order valence-corrected chi connectivity index (χ3v) is 3.66. The zero-order valence-electron chi connectivity index (χ0n) is 12.9. The SMILES string of the molecule is CCCCC(CC)CNc1nc(NCCC)ncc1Cl. The van der Waals surface area contributed by atoms with E-state index in [0.717, 1.165) is 25.3 Å². The van der Waals surface area contributed by atoms with Crippen LogP contribution in [-0.4, -0.2) is 23.1 Å². The number of rotatable bonds is 10. The number of nitrogens with one attached hydrogen (secondary N) is 2. The molecule has 0 saturated carbocycles. The van der Waals surface area contributed by atoms with Gasteiger partial charge in [0.2, 0.25) is 5.95 Å². The molecule has 0 radical (unpaired) electrons. The minimum absolute atomic E-state index is 0.581. The van der Waals surface area contributed by atoms with Gasteiger partial charge in [-0.25, -0.2) is 4.98 Å². The maximum Gasteiger partial charge on any atom is 0.224 e. The molecule has 4 nitrogen and oxygen atoms in total. The third kappa shape index (κ3) is 5.95. The first kappa shape index (κ1) is 17.0. The average molecular weight is 299 g/mol. The zero-order valence-corrected chi connectivity index (χ0v) is 13.6. The van der Waals surface area contributed by atoms with Crippen LogP contribution in [0, 0.1) is 5.92 Å². The van der Waals surface area contributed by atoms with Gasteiger partial charge in [0.1, 0.15) is 10.8 Å². The van der Waals surface area contributed by atoms with Crippen molar-refractivity contribution in [1.29, 1.82) is 0 Å². The fraction of sp³-hybridized carbons (Fsp3) is 0.733. The van der Waals surface area contributed by atoms with Crippen LogP contribution < -0.4 is 10.6 Å². The second-order valence-electron chi connectivity index (χ2n) is 5.11. The molecule has 1 rings (SSSR count). The molecule has 1 unspecified atom stereocenters. The second kappa shape index (κ2) is 9.81. The highest BCUT2D eigenvalue weighted by atomic mass is 35.5. The van der Waals surface area contributed by atoms with Gasteiger partial charge in [0.25, 0.3) is 0 Å². The lowest BCUT2D eigenvalue weighted by molar-refractivity contribution is 0.472. The van der Waals surface area contributed by atoms with Gasteiger partial charge in [-0.3, -0.25) is 0 Å². The molecule has 2 N–H and O–H groups in total. The monoisotopic (exact) mass is 298 g/mol. The average Bonchev–Trinajstić information content (AvgIpc) is 2.47. The highest BCUT2D eigenvalue weighted by Crippen LogP contribution is 2.21. The molecule has 0 fully saturated rings. The number of hydrogen-bond acceptors (Lipinski definition) is 4. The highest BCUT2D eigenvalue weighted by Gasteiger charge is 2.09. The van der Waals surface area contributed by atoms with Crippen LogP contribution in [0.3, 0.4) is 0 Å². The first-order valence-corrected chi connectivity index (χ1v) is 8.09. The highest BCUT2D eigenvalue weighted by molar-refractivity contribution is 6.32. The van der Waals surface area contributed by atoms with Crippen LogP contribution in [0.4, 0.5) is 11.8 Å². The standard InChI is InChI=1S/C15H27ClN4/c1-4-7-8-12(6-3)10-18-14-13(16)11-19-15(20-14)17-9-5-2/h11-12H,4-10H2,1-3H3,(H2,17,18,19,20). The molecule has 0 saturated heterocycles. The van der Waals surface area contributed by atoms with Crippen molar-refractivity contribution in [2.45, 2.75) is 52.9 Å². The summed E-state index contributed by atoms with van der Waals surface area (Å²) in [6.45, 7) is 8.36. The van der Waals surface area contributed by atoms with Crippen molar-refractivity contribution in [3.05, 3.63) is 11.2 Å². The van der Waals surface area contributed by atoms with Gasteiger partial charge >= 0.3 is 0 Å². The lowest BCUT2D eigenvalue weighted by Crippen LogP contribution is -2.15. The van der Waals surface area contributed by atoms with E-state index in [9.17, 15) is 0 Å². The Morgan fingerprint density at radius 3 is 2.65 bits per heavy atom. The predicted octanol–water partition coefficient (Wildman–Crippen LogP) is 4.58. The van der Waals surface area contributed by atoms with Crippen molar-refractivity contribution in [1.82, 2.24) is 9.97 Å². The lowest BCUT2D eigenvalue weighted by atomic mass is 9.99. The quantitative estimate of drug-likeness (QED) is 0.664. The van der Waals surface area contributed by atoms with Crippen molar-refractivity contribution in [2.24, 2.45) is 5.92 Å². The first-order valence-electron chi connectivity index (χ1n) is 7.71.